The van der Waals surface area contributed by atoms with Gasteiger partial charge in [-0.1, -0.05) is 77.9 Å². The van der Waals surface area contributed by atoms with Crippen molar-refractivity contribution in [1.82, 2.24) is 0 Å². The fourth-order valence-electron chi connectivity index (χ4n) is 3.14. The zero-order valence-electron chi connectivity index (χ0n) is 16.2. The minimum atomic E-state index is -3.29. The van der Waals surface area contributed by atoms with Gasteiger partial charge in [-0.2, -0.15) is 0 Å². The van der Waals surface area contributed by atoms with Crippen LogP contribution >= 0.6 is 34.1 Å². The first-order valence-corrected chi connectivity index (χ1v) is 21.3. The summed E-state index contributed by atoms with van der Waals surface area (Å²) in [5, 5.41) is 0. The van der Waals surface area contributed by atoms with Gasteiger partial charge in [0.05, 0.1) is 0 Å². The Kier molecular flexibility index (Phi) is 7.07. The van der Waals surface area contributed by atoms with E-state index < -0.39 is 15.5 Å². The molecule has 0 nitrogen and oxygen atoms in total. The van der Waals surface area contributed by atoms with Gasteiger partial charge in [0, 0.05) is 0 Å². The molecule has 0 unspecified atom stereocenters. The van der Waals surface area contributed by atoms with E-state index in [1.54, 1.807) is 0 Å². The van der Waals surface area contributed by atoms with Crippen molar-refractivity contribution in [2.75, 3.05) is 0 Å². The Bertz CT molecular complexity index is 726. The summed E-state index contributed by atoms with van der Waals surface area (Å²) >= 11 is -3.29. The molecule has 0 atom stereocenters. The predicted molar refractivity (Wildman–Crippen MR) is 115 cm³/mol. The number of halogens is 4. The topological polar surface area (TPSA) is 0 Å². The quantitative estimate of drug-likeness (QED) is 0.284. The average Bonchev–Trinajstić information content (AvgIpc) is 2.80. The summed E-state index contributed by atoms with van der Waals surface area (Å²) in [7, 11) is 20.1. The molecular weight excluding hydrogens is 485 g/mol. The van der Waals surface area contributed by atoms with E-state index in [9.17, 15) is 0 Å². The molecule has 3 rings (SSSR count). The van der Waals surface area contributed by atoms with Crippen LogP contribution in [0.2, 0.25) is 0 Å². The van der Waals surface area contributed by atoms with E-state index >= 15 is 0 Å². The van der Waals surface area contributed by atoms with Crippen LogP contribution in [0.15, 0.2) is 36.4 Å². The molecule has 0 bridgehead atoms. The summed E-state index contributed by atoms with van der Waals surface area (Å²) in [4.78, 5) is 0. The van der Waals surface area contributed by atoms with Gasteiger partial charge >= 0.3 is 49.5 Å². The summed E-state index contributed by atoms with van der Waals surface area (Å²) < 4.78 is 0. The minimum absolute atomic E-state index is 0.223. The van der Waals surface area contributed by atoms with E-state index in [1.807, 2.05) is 0 Å². The number of benzene rings is 2. The van der Waals surface area contributed by atoms with E-state index in [0.29, 0.717) is 0 Å². The monoisotopic (exact) mass is 508 g/mol. The van der Waals surface area contributed by atoms with Crippen molar-refractivity contribution < 1.29 is 15.5 Å². The van der Waals surface area contributed by atoms with Gasteiger partial charge in [0.25, 0.3) is 0 Å². The molecule has 2 aromatic carbocycles. The summed E-state index contributed by atoms with van der Waals surface area (Å²) in [6.45, 7) is 13.7. The Morgan fingerprint density at radius 3 is 1.23 bits per heavy atom. The Labute approximate surface area is 176 Å². The van der Waals surface area contributed by atoms with Gasteiger partial charge in [-0.15, -0.1) is 0 Å². The molecule has 0 aliphatic heterocycles. The average molecular weight is 511 g/mol. The molecule has 1 aliphatic rings. The Morgan fingerprint density at radius 2 is 0.962 bits per heavy atom. The molecule has 0 fully saturated rings. The normalized spacial score (nSPS) is 13.6. The molecule has 26 heavy (non-hydrogen) atoms. The summed E-state index contributed by atoms with van der Waals surface area (Å²) in [5.41, 5.74) is 9.15. The van der Waals surface area contributed by atoms with Crippen LogP contribution in [0, 0.1) is 0 Å². The maximum absolute atomic E-state index is 5.04. The number of fused-ring (bicyclic) bond motifs is 3. The van der Waals surface area contributed by atoms with E-state index in [0.717, 1.165) is 6.42 Å². The van der Waals surface area contributed by atoms with Crippen molar-refractivity contribution in [3.8, 4) is 11.1 Å². The number of hydrogen-bond donors (Lipinski definition) is 0. The molecule has 142 valence electrons. The van der Waals surface area contributed by atoms with Crippen molar-refractivity contribution in [2.45, 2.75) is 58.8 Å². The van der Waals surface area contributed by atoms with Gasteiger partial charge in [0.1, 0.15) is 0 Å². The van der Waals surface area contributed by atoms with Gasteiger partial charge in [-0.25, -0.2) is 0 Å². The van der Waals surface area contributed by atoms with Crippen LogP contribution in [0.25, 0.3) is 11.1 Å². The first-order chi connectivity index (χ1) is 11.7. The first-order valence-electron chi connectivity index (χ1n) is 8.69. The predicted octanol–water partition coefficient (Wildman–Crippen LogP) is 8.61. The van der Waals surface area contributed by atoms with Gasteiger partial charge < -0.3 is 0 Å². The first kappa shape index (κ1) is 22.8. The van der Waals surface area contributed by atoms with Crippen molar-refractivity contribution >= 4 is 34.1 Å². The third-order valence-electron chi connectivity index (χ3n) is 4.61. The van der Waals surface area contributed by atoms with Crippen LogP contribution in [0.1, 0.15) is 63.8 Å². The third-order valence-corrected chi connectivity index (χ3v) is 4.61. The van der Waals surface area contributed by atoms with E-state index in [4.69, 9.17) is 34.1 Å². The standard InChI is InChI=1S/C21H26.4ClH.Zr/c1-20(2,3)16-7-9-18-14(12-16)11-15-13-17(21(4,5)6)8-10-19(15)18;;;;;/h7-10,12-13H,11H2,1-6H3;4*1H;/q;;;;;+4/p-4. The van der Waals surface area contributed by atoms with Gasteiger partial charge in [-0.05, 0) is 50.6 Å². The number of hydrogen-bond acceptors (Lipinski definition) is 0. The molecule has 5 heteroatoms. The molecule has 0 saturated heterocycles. The molecule has 0 amide bonds. The third kappa shape index (κ3) is 6.25. The maximum atomic E-state index is 5.04. The number of rotatable bonds is 0. The summed E-state index contributed by atoms with van der Waals surface area (Å²) in [5.74, 6) is 0. The van der Waals surface area contributed by atoms with E-state index in [1.165, 1.54) is 33.4 Å². The second-order valence-corrected chi connectivity index (χ2v) is 31.2. The van der Waals surface area contributed by atoms with Crippen LogP contribution in [0.5, 0.6) is 0 Å². The summed E-state index contributed by atoms with van der Waals surface area (Å²) in [6, 6.07) is 14.0. The second-order valence-electron chi connectivity index (χ2n) is 8.85. The zero-order chi connectivity index (χ0) is 19.9. The van der Waals surface area contributed by atoms with Gasteiger partial charge in [-0.3, -0.25) is 0 Å². The second kappa shape index (κ2) is 8.08. The van der Waals surface area contributed by atoms with E-state index in [-0.39, 0.29) is 10.8 Å². The van der Waals surface area contributed by atoms with Gasteiger partial charge in [0.15, 0.2) is 0 Å². The van der Waals surface area contributed by atoms with Crippen LogP contribution < -0.4 is 0 Å². The molecule has 2 aromatic rings. The molecule has 0 radical (unpaired) electrons. The zero-order valence-corrected chi connectivity index (χ0v) is 21.7. The van der Waals surface area contributed by atoms with Crippen LogP contribution in [0.4, 0.5) is 0 Å². The molecule has 1 aliphatic carbocycles. The SMILES string of the molecule is CC(C)(C)c1ccc2c(c1)Cc1cc(C(C)(C)C)ccc1-2.[Cl][Zr]([Cl])([Cl])[Cl]. The molecular formula is C21H26Cl4Zr. The van der Waals surface area contributed by atoms with Gasteiger partial charge in [0.2, 0.25) is 0 Å². The molecule has 0 saturated carbocycles. The molecule has 0 spiro atoms. The van der Waals surface area contributed by atoms with Crippen LogP contribution in [0.3, 0.4) is 0 Å². The summed E-state index contributed by atoms with van der Waals surface area (Å²) in [6.07, 6.45) is 1.08. The van der Waals surface area contributed by atoms with E-state index in [2.05, 4.69) is 77.9 Å². The van der Waals surface area contributed by atoms with Crippen molar-refractivity contribution in [1.29, 1.82) is 0 Å². The molecule has 0 aromatic heterocycles. The van der Waals surface area contributed by atoms with Crippen molar-refractivity contribution in [3.05, 3.63) is 58.7 Å². The Balaban J connectivity index is 0.000000431. The van der Waals surface area contributed by atoms with Crippen molar-refractivity contribution in [3.63, 3.8) is 0 Å². The Morgan fingerprint density at radius 1 is 0.654 bits per heavy atom. The fraction of sp³-hybridized carbons (Fsp3) is 0.429. The fourth-order valence-corrected chi connectivity index (χ4v) is 3.14. The molecule has 0 heterocycles. The Hall–Kier alpha value is 0.483. The van der Waals surface area contributed by atoms with Crippen LogP contribution in [-0.4, -0.2) is 0 Å². The van der Waals surface area contributed by atoms with Crippen molar-refractivity contribution in [2.24, 2.45) is 0 Å². The van der Waals surface area contributed by atoms with Crippen LogP contribution in [-0.2, 0) is 32.7 Å². The molecule has 0 N–H and O–H groups in total.